The van der Waals surface area contributed by atoms with Gasteiger partial charge >= 0.3 is 0 Å². The van der Waals surface area contributed by atoms with E-state index in [1.54, 1.807) is 6.20 Å². The van der Waals surface area contributed by atoms with Crippen LogP contribution in [0.5, 0.6) is 0 Å². The van der Waals surface area contributed by atoms with Gasteiger partial charge in [-0.05, 0) is 63.4 Å². The van der Waals surface area contributed by atoms with E-state index in [0.29, 0.717) is 0 Å². The van der Waals surface area contributed by atoms with E-state index in [2.05, 4.69) is 55.1 Å². The number of fused-ring (bicyclic) bond motifs is 1. The minimum atomic E-state index is 0.989. The molecule has 0 amide bonds. The molecule has 2 rings (SSSR count). The van der Waals surface area contributed by atoms with Crippen LogP contribution in [0, 0.1) is 7.40 Å². The van der Waals surface area contributed by atoms with Crippen LogP contribution in [0.2, 0.25) is 0 Å². The number of hydrogen-bond donors (Lipinski definition) is 0. The Labute approximate surface area is 97.1 Å². The second kappa shape index (κ2) is 3.41. The highest BCUT2D eigenvalue weighted by Crippen LogP contribution is 2.18. The van der Waals surface area contributed by atoms with Gasteiger partial charge in [-0.2, -0.15) is 0 Å². The molecule has 0 aliphatic carbocycles. The lowest BCUT2D eigenvalue weighted by atomic mass is 10.3. The fourth-order valence-corrected chi connectivity index (χ4v) is 2.72. The Hall–Kier alpha value is 0.0200. The Bertz CT molecular complexity index is 428. The van der Waals surface area contributed by atoms with Crippen molar-refractivity contribution in [2.45, 2.75) is 0 Å². The molecule has 4 heteroatoms. The number of hydrogen-bond acceptors (Lipinski definition) is 2. The van der Waals surface area contributed by atoms with Crippen LogP contribution in [0.1, 0.15) is 0 Å². The Morgan fingerprint density at radius 3 is 2.92 bits per heavy atom. The predicted octanol–water partition coefficient (Wildman–Crippen LogP) is 2.84. The van der Waals surface area contributed by atoms with Gasteiger partial charge in [0, 0.05) is 11.6 Å². The van der Waals surface area contributed by atoms with E-state index >= 15 is 0 Å². The summed E-state index contributed by atoms with van der Waals surface area (Å²) >= 11 is 4.43. The van der Waals surface area contributed by atoms with E-state index in [1.165, 1.54) is 0 Å². The standard InChI is InChI=1S/C8H4I2N2/c9-7-4-6-5(8(10)12-7)2-1-3-11-6/h1-4H. The molecule has 60 valence electrons. The van der Waals surface area contributed by atoms with Gasteiger partial charge in [0.25, 0.3) is 0 Å². The molecule has 0 unspecified atom stereocenters. The third-order valence-electron chi connectivity index (χ3n) is 1.52. The average molecular weight is 382 g/mol. The Balaban J connectivity index is 2.89. The highest BCUT2D eigenvalue weighted by atomic mass is 127. The zero-order valence-corrected chi connectivity index (χ0v) is 10.3. The molecule has 2 aromatic heterocycles. The first-order valence-corrected chi connectivity index (χ1v) is 5.50. The first kappa shape index (κ1) is 8.61. The minimum absolute atomic E-state index is 0.989. The van der Waals surface area contributed by atoms with Crippen molar-refractivity contribution in [2.75, 3.05) is 0 Å². The minimum Gasteiger partial charge on any atom is -0.256 e. The third kappa shape index (κ3) is 1.54. The zero-order chi connectivity index (χ0) is 8.55. The maximum atomic E-state index is 4.34. The second-order valence-electron chi connectivity index (χ2n) is 2.31. The molecular formula is C8H4I2N2. The van der Waals surface area contributed by atoms with E-state index in [0.717, 1.165) is 18.3 Å². The van der Waals surface area contributed by atoms with E-state index in [4.69, 9.17) is 0 Å². The van der Waals surface area contributed by atoms with Gasteiger partial charge in [0.15, 0.2) is 0 Å². The maximum Gasteiger partial charge on any atom is 0.111 e. The predicted molar refractivity (Wildman–Crippen MR) is 65.0 cm³/mol. The second-order valence-corrected chi connectivity index (χ2v) is 4.43. The van der Waals surface area contributed by atoms with Crippen molar-refractivity contribution in [3.8, 4) is 0 Å². The van der Waals surface area contributed by atoms with Gasteiger partial charge in [-0.3, -0.25) is 4.98 Å². The average Bonchev–Trinajstić information content (AvgIpc) is 2.04. The molecule has 2 aromatic rings. The Morgan fingerprint density at radius 2 is 2.08 bits per heavy atom. The highest BCUT2D eigenvalue weighted by Gasteiger charge is 2.00. The summed E-state index contributed by atoms with van der Waals surface area (Å²) in [4.78, 5) is 8.59. The van der Waals surface area contributed by atoms with Crippen LogP contribution in [-0.2, 0) is 0 Å². The molecule has 2 heterocycles. The normalized spacial score (nSPS) is 10.5. The highest BCUT2D eigenvalue weighted by molar-refractivity contribution is 14.1. The molecule has 0 fully saturated rings. The lowest BCUT2D eigenvalue weighted by Gasteiger charge is -1.98. The van der Waals surface area contributed by atoms with Gasteiger partial charge in [-0.25, -0.2) is 4.98 Å². The fraction of sp³-hybridized carbons (Fsp3) is 0. The summed E-state index contributed by atoms with van der Waals surface area (Å²) in [6.45, 7) is 0. The monoisotopic (exact) mass is 382 g/mol. The molecule has 12 heavy (non-hydrogen) atoms. The lowest BCUT2D eigenvalue weighted by Crippen LogP contribution is -1.88. The van der Waals surface area contributed by atoms with Crippen LogP contribution in [-0.4, -0.2) is 9.97 Å². The number of halogens is 2. The zero-order valence-electron chi connectivity index (χ0n) is 5.96. The van der Waals surface area contributed by atoms with Crippen LogP contribution in [0.15, 0.2) is 24.4 Å². The third-order valence-corrected chi connectivity index (χ3v) is 2.90. The van der Waals surface area contributed by atoms with Gasteiger partial charge in [-0.15, -0.1) is 0 Å². The molecule has 0 aliphatic rings. The van der Waals surface area contributed by atoms with Crippen molar-refractivity contribution in [2.24, 2.45) is 0 Å². The number of pyridine rings is 2. The molecule has 0 spiro atoms. The molecule has 0 aliphatic heterocycles. The molecule has 0 radical (unpaired) electrons. The van der Waals surface area contributed by atoms with Crippen LogP contribution >= 0.6 is 45.2 Å². The van der Waals surface area contributed by atoms with Crippen LogP contribution < -0.4 is 0 Å². The molecule has 0 atom stereocenters. The molecule has 2 nitrogen and oxygen atoms in total. The molecular weight excluding hydrogens is 378 g/mol. The Kier molecular flexibility index (Phi) is 2.44. The van der Waals surface area contributed by atoms with Crippen molar-refractivity contribution in [3.63, 3.8) is 0 Å². The van der Waals surface area contributed by atoms with E-state index in [9.17, 15) is 0 Å². The lowest BCUT2D eigenvalue weighted by molar-refractivity contribution is 1.24. The van der Waals surface area contributed by atoms with Gasteiger partial charge in [-0.1, -0.05) is 0 Å². The van der Waals surface area contributed by atoms with Crippen molar-refractivity contribution in [1.82, 2.24) is 9.97 Å². The van der Waals surface area contributed by atoms with E-state index in [-0.39, 0.29) is 0 Å². The Morgan fingerprint density at radius 1 is 1.25 bits per heavy atom. The molecule has 0 N–H and O–H groups in total. The summed E-state index contributed by atoms with van der Waals surface area (Å²) in [5, 5.41) is 1.12. The SMILES string of the molecule is Ic1cc2ncccc2c(I)n1. The quantitative estimate of drug-likeness (QED) is 0.518. The van der Waals surface area contributed by atoms with Gasteiger partial charge < -0.3 is 0 Å². The summed E-state index contributed by atoms with van der Waals surface area (Å²) in [5.74, 6) is 0. The summed E-state index contributed by atoms with van der Waals surface area (Å²) in [5.41, 5.74) is 1.02. The van der Waals surface area contributed by atoms with Crippen molar-refractivity contribution >= 4 is 56.1 Å². The van der Waals surface area contributed by atoms with E-state index in [1.807, 2.05) is 18.2 Å². The first-order chi connectivity index (χ1) is 5.77. The van der Waals surface area contributed by atoms with Crippen molar-refractivity contribution in [1.29, 1.82) is 0 Å². The summed E-state index contributed by atoms with van der Waals surface area (Å²) in [6.07, 6.45) is 1.80. The van der Waals surface area contributed by atoms with Gasteiger partial charge in [0.05, 0.1) is 5.52 Å². The maximum absolute atomic E-state index is 4.34. The molecule has 0 aromatic carbocycles. The van der Waals surface area contributed by atoms with Gasteiger partial charge in [0.1, 0.15) is 7.40 Å². The number of nitrogens with zero attached hydrogens (tertiary/aromatic N) is 2. The summed E-state index contributed by atoms with van der Waals surface area (Å²) in [7, 11) is 0. The van der Waals surface area contributed by atoms with Crippen LogP contribution in [0.3, 0.4) is 0 Å². The van der Waals surface area contributed by atoms with E-state index < -0.39 is 0 Å². The van der Waals surface area contributed by atoms with Gasteiger partial charge in [0.2, 0.25) is 0 Å². The van der Waals surface area contributed by atoms with Crippen LogP contribution in [0.25, 0.3) is 10.9 Å². The van der Waals surface area contributed by atoms with Crippen molar-refractivity contribution in [3.05, 3.63) is 31.8 Å². The molecule has 0 bridgehead atoms. The largest absolute Gasteiger partial charge is 0.256 e. The molecule has 0 saturated carbocycles. The summed E-state index contributed by atoms with van der Waals surface area (Å²) in [6, 6.07) is 5.95. The number of rotatable bonds is 0. The number of aromatic nitrogens is 2. The summed E-state index contributed by atoms with van der Waals surface area (Å²) < 4.78 is 2.01. The fourth-order valence-electron chi connectivity index (χ4n) is 1.01. The van der Waals surface area contributed by atoms with Crippen molar-refractivity contribution < 1.29 is 0 Å². The first-order valence-electron chi connectivity index (χ1n) is 3.34. The van der Waals surface area contributed by atoms with Crippen LogP contribution in [0.4, 0.5) is 0 Å². The molecule has 0 saturated heterocycles. The topological polar surface area (TPSA) is 25.8 Å². The smallest absolute Gasteiger partial charge is 0.111 e.